The molecule has 0 radical (unpaired) electrons. The molecule has 0 saturated carbocycles. The van der Waals surface area contributed by atoms with E-state index in [1.54, 1.807) is 18.2 Å². The van der Waals surface area contributed by atoms with E-state index in [-0.39, 0.29) is 22.3 Å². The molecule has 0 aliphatic carbocycles. The van der Waals surface area contributed by atoms with Gasteiger partial charge in [-0.05, 0) is 54.3 Å². The Morgan fingerprint density at radius 1 is 1.23 bits per heavy atom. The predicted molar refractivity (Wildman–Crippen MR) is 143 cm³/mol. The molecule has 1 aliphatic rings. The molecule has 2 aromatic rings. The third kappa shape index (κ3) is 6.15. The third-order valence-corrected chi connectivity index (χ3v) is 7.53. The van der Waals surface area contributed by atoms with Crippen molar-refractivity contribution in [3.05, 3.63) is 72.6 Å². The number of methoxy groups -OCH3 is 1. The Bertz CT molecular complexity index is 1260. The van der Waals surface area contributed by atoms with Crippen LogP contribution in [0.5, 0.6) is 0 Å². The molecule has 3 rings (SSSR count). The largest absolute Gasteiger partial charge is 0.468 e. The van der Waals surface area contributed by atoms with Gasteiger partial charge in [0.2, 0.25) is 11.8 Å². The molecule has 182 valence electrons. The number of nitrogens with one attached hydrogen (secondary N) is 2. The van der Waals surface area contributed by atoms with Crippen LogP contribution in [0.1, 0.15) is 29.5 Å². The molecule has 1 heterocycles. The number of ether oxygens (including phenoxy) is 1. The van der Waals surface area contributed by atoms with Gasteiger partial charge in [-0.3, -0.25) is 14.4 Å². The SMILES string of the molecule is CCc1cc(Br)cc(C)c1NC(=O)CSC1=C(C#N)[C@H](c2cccc(Br)c2)[C@@H](C(=O)OC)C(=O)N1. The van der Waals surface area contributed by atoms with Gasteiger partial charge < -0.3 is 15.4 Å². The van der Waals surface area contributed by atoms with E-state index in [4.69, 9.17) is 4.74 Å². The molecule has 7 nitrogen and oxygen atoms in total. The summed E-state index contributed by atoms with van der Waals surface area (Å²) in [5.74, 6) is -3.69. The maximum atomic E-state index is 12.9. The number of anilines is 1. The number of amides is 2. The van der Waals surface area contributed by atoms with Crippen LogP contribution in [0.3, 0.4) is 0 Å². The lowest BCUT2D eigenvalue weighted by Crippen LogP contribution is -2.44. The average molecular weight is 621 g/mol. The van der Waals surface area contributed by atoms with Crippen LogP contribution in [0, 0.1) is 24.2 Å². The molecule has 0 fully saturated rings. The highest BCUT2D eigenvalue weighted by Gasteiger charge is 2.44. The molecule has 0 bridgehead atoms. The van der Waals surface area contributed by atoms with Gasteiger partial charge in [-0.15, -0.1) is 0 Å². The first-order valence-electron chi connectivity index (χ1n) is 10.7. The van der Waals surface area contributed by atoms with Crippen molar-refractivity contribution < 1.29 is 19.1 Å². The van der Waals surface area contributed by atoms with Gasteiger partial charge in [0.15, 0.2) is 0 Å². The Labute approximate surface area is 224 Å². The summed E-state index contributed by atoms with van der Waals surface area (Å²) >= 11 is 7.93. The predicted octanol–water partition coefficient (Wildman–Crippen LogP) is 5.19. The molecule has 0 aromatic heterocycles. The Morgan fingerprint density at radius 2 is 1.97 bits per heavy atom. The number of aryl methyl sites for hydroxylation is 2. The third-order valence-electron chi connectivity index (χ3n) is 5.57. The molecule has 0 spiro atoms. The number of rotatable bonds is 7. The van der Waals surface area contributed by atoms with E-state index in [2.05, 4.69) is 48.6 Å². The number of carbonyl (C=O) groups excluding carboxylic acids is 3. The second kappa shape index (κ2) is 11.9. The molecule has 1 aliphatic heterocycles. The van der Waals surface area contributed by atoms with Crippen molar-refractivity contribution in [3.8, 4) is 6.07 Å². The van der Waals surface area contributed by atoms with E-state index < -0.39 is 23.7 Å². The van der Waals surface area contributed by atoms with Crippen molar-refractivity contribution in [2.75, 3.05) is 18.2 Å². The van der Waals surface area contributed by atoms with Gasteiger partial charge >= 0.3 is 5.97 Å². The molecule has 0 unspecified atom stereocenters. The number of nitriles is 1. The summed E-state index contributed by atoms with van der Waals surface area (Å²) in [5, 5.41) is 15.8. The minimum absolute atomic E-state index is 0.0342. The second-order valence-electron chi connectivity index (χ2n) is 7.82. The van der Waals surface area contributed by atoms with Crippen molar-refractivity contribution in [3.63, 3.8) is 0 Å². The fourth-order valence-corrected chi connectivity index (χ4v) is 5.85. The van der Waals surface area contributed by atoms with Gasteiger partial charge in [-0.25, -0.2) is 0 Å². The van der Waals surface area contributed by atoms with Crippen LogP contribution < -0.4 is 10.6 Å². The lowest BCUT2D eigenvalue weighted by molar-refractivity contribution is -0.150. The Morgan fingerprint density at radius 3 is 2.60 bits per heavy atom. The van der Waals surface area contributed by atoms with Crippen LogP contribution in [0.25, 0.3) is 0 Å². The number of allylic oxidation sites excluding steroid dienone is 1. The van der Waals surface area contributed by atoms with Gasteiger partial charge in [0.1, 0.15) is 5.92 Å². The normalized spacial score (nSPS) is 17.4. The minimum atomic E-state index is -1.22. The monoisotopic (exact) mass is 619 g/mol. The summed E-state index contributed by atoms with van der Waals surface area (Å²) < 4.78 is 6.54. The highest BCUT2D eigenvalue weighted by Crippen LogP contribution is 2.40. The highest BCUT2D eigenvalue weighted by molar-refractivity contribution is 9.10. The van der Waals surface area contributed by atoms with Gasteiger partial charge in [0.05, 0.1) is 29.5 Å². The lowest BCUT2D eigenvalue weighted by atomic mass is 9.78. The van der Waals surface area contributed by atoms with Crippen LogP contribution in [0.15, 0.2) is 55.9 Å². The molecule has 2 N–H and O–H groups in total. The summed E-state index contributed by atoms with van der Waals surface area (Å²) in [5.41, 5.74) is 3.48. The van der Waals surface area contributed by atoms with Crippen molar-refractivity contribution in [1.29, 1.82) is 5.26 Å². The molecule has 2 aromatic carbocycles. The summed E-state index contributed by atoms with van der Waals surface area (Å²) in [6, 6.07) is 13.1. The van der Waals surface area contributed by atoms with E-state index in [9.17, 15) is 19.6 Å². The van der Waals surface area contributed by atoms with E-state index in [0.717, 1.165) is 43.9 Å². The van der Waals surface area contributed by atoms with E-state index in [1.165, 1.54) is 7.11 Å². The molecule has 0 saturated heterocycles. The average Bonchev–Trinajstić information content (AvgIpc) is 2.83. The van der Waals surface area contributed by atoms with Gasteiger partial charge in [-0.1, -0.05) is 62.7 Å². The number of thioether (sulfide) groups is 1. The summed E-state index contributed by atoms with van der Waals surface area (Å²) in [6.07, 6.45) is 0.742. The highest BCUT2D eigenvalue weighted by atomic mass is 79.9. The van der Waals surface area contributed by atoms with Gasteiger partial charge in [0.25, 0.3) is 0 Å². The fourth-order valence-electron chi connectivity index (χ4n) is 3.96. The second-order valence-corrected chi connectivity index (χ2v) is 10.6. The molecule has 10 heteroatoms. The number of esters is 1. The number of hydrogen-bond acceptors (Lipinski definition) is 6. The first kappa shape index (κ1) is 27.0. The van der Waals surface area contributed by atoms with Crippen LogP contribution in [0.4, 0.5) is 5.69 Å². The number of halogens is 2. The van der Waals surface area contributed by atoms with Crippen LogP contribution >= 0.6 is 43.6 Å². The zero-order valence-electron chi connectivity index (χ0n) is 19.3. The van der Waals surface area contributed by atoms with Crippen molar-refractivity contribution in [2.45, 2.75) is 26.2 Å². The fraction of sp³-hybridized carbons (Fsp3) is 0.280. The quantitative estimate of drug-likeness (QED) is 0.326. The van der Waals surface area contributed by atoms with Crippen LogP contribution in [-0.2, 0) is 25.5 Å². The van der Waals surface area contributed by atoms with Crippen LogP contribution in [-0.4, -0.2) is 30.6 Å². The van der Waals surface area contributed by atoms with E-state index in [0.29, 0.717) is 5.56 Å². The smallest absolute Gasteiger partial charge is 0.319 e. The number of benzene rings is 2. The standard InChI is InChI=1S/C25H23Br2N3O4S/c1-4-14-9-17(27)8-13(2)22(14)29-19(31)12-35-24-18(11-28)20(15-6-5-7-16(26)10-15)21(23(32)30-24)25(33)34-3/h5-10,20-21H,4,12H2,1-3H3,(H,29,31)(H,30,32)/t20-,21+/m0/s1. The van der Waals surface area contributed by atoms with Crippen molar-refractivity contribution >= 4 is 67.1 Å². The van der Waals surface area contributed by atoms with Gasteiger partial charge in [0, 0.05) is 20.6 Å². The summed E-state index contributed by atoms with van der Waals surface area (Å²) in [7, 11) is 1.20. The maximum Gasteiger partial charge on any atom is 0.319 e. The first-order valence-corrected chi connectivity index (χ1v) is 13.3. The van der Waals surface area contributed by atoms with Gasteiger partial charge in [-0.2, -0.15) is 5.26 Å². The number of hydrogen-bond donors (Lipinski definition) is 2. The molecule has 2 amide bonds. The zero-order chi connectivity index (χ0) is 25.7. The molecule has 2 atom stereocenters. The molecular weight excluding hydrogens is 598 g/mol. The van der Waals surface area contributed by atoms with Crippen LogP contribution in [0.2, 0.25) is 0 Å². The van der Waals surface area contributed by atoms with E-state index in [1.807, 2.05) is 32.0 Å². The maximum absolute atomic E-state index is 12.9. The number of nitrogens with zero attached hydrogens (tertiary/aromatic N) is 1. The molecule has 35 heavy (non-hydrogen) atoms. The van der Waals surface area contributed by atoms with Crippen molar-refractivity contribution in [2.24, 2.45) is 5.92 Å². The minimum Gasteiger partial charge on any atom is -0.468 e. The molecular formula is C25H23Br2N3O4S. The Hall–Kier alpha value is -2.61. The lowest BCUT2D eigenvalue weighted by Gasteiger charge is -2.31. The first-order chi connectivity index (χ1) is 16.7. The Balaban J connectivity index is 1.91. The zero-order valence-corrected chi connectivity index (χ0v) is 23.3. The number of carbonyl (C=O) groups is 3. The van der Waals surface area contributed by atoms with Crippen molar-refractivity contribution in [1.82, 2.24) is 5.32 Å². The topological polar surface area (TPSA) is 108 Å². The Kier molecular flexibility index (Phi) is 9.16. The van der Waals surface area contributed by atoms with E-state index >= 15 is 0 Å². The summed E-state index contributed by atoms with van der Waals surface area (Å²) in [6.45, 7) is 3.92. The summed E-state index contributed by atoms with van der Waals surface area (Å²) in [4.78, 5) is 38.3.